The second-order valence-corrected chi connectivity index (χ2v) is 5.81. The van der Waals surface area contributed by atoms with E-state index in [9.17, 15) is 4.39 Å². The van der Waals surface area contributed by atoms with E-state index in [2.05, 4.69) is 15.9 Å². The molecule has 84 valence electrons. The highest BCUT2D eigenvalue weighted by Gasteiger charge is 2.18. The molecule has 0 nitrogen and oxygen atoms in total. The lowest BCUT2D eigenvalue weighted by Crippen LogP contribution is -1.93. The van der Waals surface area contributed by atoms with Crippen LogP contribution in [0.25, 0.3) is 0 Å². The van der Waals surface area contributed by atoms with Crippen LogP contribution in [0.5, 0.6) is 0 Å². The molecular formula is C11H6BrCl2FS. The third-order valence-electron chi connectivity index (χ3n) is 2.11. The van der Waals surface area contributed by atoms with Gasteiger partial charge in [-0.05, 0) is 35.2 Å². The van der Waals surface area contributed by atoms with Crippen molar-refractivity contribution in [3.8, 4) is 0 Å². The van der Waals surface area contributed by atoms with Crippen LogP contribution >= 0.6 is 50.5 Å². The van der Waals surface area contributed by atoms with Gasteiger partial charge in [0.1, 0.15) is 5.82 Å². The standard InChI is InChI=1S/C11H6BrCl2FS/c12-8-2-1-6(15)5-7(8)10(14)11-9(13)3-4-16-11/h1-5,10H. The summed E-state index contributed by atoms with van der Waals surface area (Å²) in [6.45, 7) is 0. The molecule has 1 atom stereocenters. The van der Waals surface area contributed by atoms with Crippen molar-refractivity contribution in [2.45, 2.75) is 5.38 Å². The average Bonchev–Trinajstić information content (AvgIpc) is 2.67. The van der Waals surface area contributed by atoms with Gasteiger partial charge in [-0.25, -0.2) is 4.39 Å². The third kappa shape index (κ3) is 2.43. The molecule has 0 spiro atoms. The van der Waals surface area contributed by atoms with Gasteiger partial charge in [-0.3, -0.25) is 0 Å². The zero-order valence-corrected chi connectivity index (χ0v) is 11.8. The van der Waals surface area contributed by atoms with Crippen molar-refractivity contribution in [1.29, 1.82) is 0 Å². The lowest BCUT2D eigenvalue weighted by molar-refractivity contribution is 0.625. The Bertz CT molecular complexity index is 512. The minimum atomic E-state index is -0.433. The van der Waals surface area contributed by atoms with Crippen LogP contribution in [0.4, 0.5) is 4.39 Å². The van der Waals surface area contributed by atoms with Crippen molar-refractivity contribution in [3.05, 3.63) is 55.4 Å². The first kappa shape index (κ1) is 12.4. The number of hydrogen-bond acceptors (Lipinski definition) is 1. The summed E-state index contributed by atoms with van der Waals surface area (Å²) in [6, 6.07) is 6.22. The largest absolute Gasteiger partial charge is 0.207 e. The summed E-state index contributed by atoms with van der Waals surface area (Å²) in [6.07, 6.45) is 0. The molecule has 5 heteroatoms. The van der Waals surface area contributed by atoms with Crippen molar-refractivity contribution in [2.75, 3.05) is 0 Å². The molecule has 0 aliphatic rings. The Morgan fingerprint density at radius 1 is 1.31 bits per heavy atom. The van der Waals surface area contributed by atoms with Crippen LogP contribution in [-0.2, 0) is 0 Å². The topological polar surface area (TPSA) is 0 Å². The minimum Gasteiger partial charge on any atom is -0.207 e. The second kappa shape index (κ2) is 5.05. The number of thiophene rings is 1. The smallest absolute Gasteiger partial charge is 0.123 e. The maximum absolute atomic E-state index is 13.1. The maximum Gasteiger partial charge on any atom is 0.123 e. The molecule has 0 radical (unpaired) electrons. The van der Waals surface area contributed by atoms with E-state index >= 15 is 0 Å². The van der Waals surface area contributed by atoms with E-state index in [0.29, 0.717) is 10.6 Å². The lowest BCUT2D eigenvalue weighted by Gasteiger charge is -2.10. The Balaban J connectivity index is 2.45. The predicted molar refractivity (Wildman–Crippen MR) is 71.1 cm³/mol. The fraction of sp³-hybridized carbons (Fsp3) is 0.0909. The zero-order chi connectivity index (χ0) is 11.7. The van der Waals surface area contributed by atoms with Gasteiger partial charge in [-0.2, -0.15) is 0 Å². The quantitative estimate of drug-likeness (QED) is 0.622. The van der Waals surface area contributed by atoms with E-state index in [1.165, 1.54) is 23.5 Å². The summed E-state index contributed by atoms with van der Waals surface area (Å²) < 4.78 is 13.9. The number of hydrogen-bond donors (Lipinski definition) is 0. The van der Waals surface area contributed by atoms with Crippen LogP contribution in [0.3, 0.4) is 0 Å². The monoisotopic (exact) mass is 338 g/mol. The molecule has 2 rings (SSSR count). The Labute approximate surface area is 115 Å². The molecule has 16 heavy (non-hydrogen) atoms. The first-order valence-corrected chi connectivity index (χ1v) is 6.90. The molecule has 1 unspecified atom stereocenters. The number of halogens is 4. The summed E-state index contributed by atoms with van der Waals surface area (Å²) in [5.74, 6) is -0.309. The molecule has 2 aromatic rings. The van der Waals surface area contributed by atoms with Gasteiger partial charge in [-0.15, -0.1) is 22.9 Å². The van der Waals surface area contributed by atoms with Gasteiger partial charge in [0.05, 0.1) is 10.4 Å². The van der Waals surface area contributed by atoms with E-state index in [-0.39, 0.29) is 5.82 Å². The normalized spacial score (nSPS) is 12.8. The van der Waals surface area contributed by atoms with Gasteiger partial charge in [0.15, 0.2) is 0 Å². The zero-order valence-electron chi connectivity index (χ0n) is 7.88. The van der Waals surface area contributed by atoms with Crippen LogP contribution < -0.4 is 0 Å². The molecule has 0 fully saturated rings. The van der Waals surface area contributed by atoms with E-state index in [1.807, 2.05) is 5.38 Å². The second-order valence-electron chi connectivity index (χ2n) is 3.16. The van der Waals surface area contributed by atoms with Crippen molar-refractivity contribution >= 4 is 50.5 Å². The van der Waals surface area contributed by atoms with Crippen LogP contribution in [0.2, 0.25) is 5.02 Å². The summed E-state index contributed by atoms with van der Waals surface area (Å²) in [5, 5.41) is 2.04. The number of benzene rings is 1. The predicted octanol–water partition coefficient (Wildman–Crippen LogP) is 5.63. The number of alkyl halides is 1. The minimum absolute atomic E-state index is 0.309. The Hall–Kier alpha value is -0.0900. The summed E-state index contributed by atoms with van der Waals surface area (Å²) >= 11 is 17.1. The molecule has 0 N–H and O–H groups in total. The van der Waals surface area contributed by atoms with Crippen molar-refractivity contribution in [1.82, 2.24) is 0 Å². The SMILES string of the molecule is Fc1ccc(Br)c(C(Cl)c2sccc2Cl)c1. The fourth-order valence-corrected chi connectivity index (χ4v) is 3.61. The highest BCUT2D eigenvalue weighted by Crippen LogP contribution is 2.40. The molecule has 1 aromatic carbocycles. The van der Waals surface area contributed by atoms with E-state index in [4.69, 9.17) is 23.2 Å². The lowest BCUT2D eigenvalue weighted by atomic mass is 10.1. The van der Waals surface area contributed by atoms with Gasteiger partial charge < -0.3 is 0 Å². The molecule has 0 saturated carbocycles. The average molecular weight is 340 g/mol. The Kier molecular flexibility index (Phi) is 3.90. The van der Waals surface area contributed by atoms with Crippen molar-refractivity contribution < 1.29 is 4.39 Å². The van der Waals surface area contributed by atoms with E-state index < -0.39 is 5.38 Å². The van der Waals surface area contributed by atoms with Gasteiger partial charge in [-0.1, -0.05) is 27.5 Å². The van der Waals surface area contributed by atoms with Crippen molar-refractivity contribution in [3.63, 3.8) is 0 Å². The van der Waals surface area contributed by atoms with Gasteiger partial charge >= 0.3 is 0 Å². The molecular weight excluding hydrogens is 334 g/mol. The molecule has 0 aliphatic carbocycles. The highest BCUT2D eigenvalue weighted by molar-refractivity contribution is 9.10. The molecule has 0 aliphatic heterocycles. The first-order chi connectivity index (χ1) is 7.59. The van der Waals surface area contributed by atoms with Crippen molar-refractivity contribution in [2.24, 2.45) is 0 Å². The van der Waals surface area contributed by atoms with Gasteiger partial charge in [0.25, 0.3) is 0 Å². The summed E-state index contributed by atoms with van der Waals surface area (Å²) in [5.41, 5.74) is 0.686. The van der Waals surface area contributed by atoms with Crippen LogP contribution in [-0.4, -0.2) is 0 Å². The third-order valence-corrected chi connectivity index (χ3v) is 4.83. The highest BCUT2D eigenvalue weighted by atomic mass is 79.9. The van der Waals surface area contributed by atoms with Crippen LogP contribution in [0.15, 0.2) is 34.1 Å². The van der Waals surface area contributed by atoms with E-state index in [0.717, 1.165) is 9.35 Å². The summed E-state index contributed by atoms with van der Waals surface area (Å²) in [4.78, 5) is 0.828. The first-order valence-electron chi connectivity index (χ1n) is 4.41. The van der Waals surface area contributed by atoms with Gasteiger partial charge in [0.2, 0.25) is 0 Å². The Morgan fingerprint density at radius 2 is 2.06 bits per heavy atom. The summed E-state index contributed by atoms with van der Waals surface area (Å²) in [7, 11) is 0. The maximum atomic E-state index is 13.1. The number of rotatable bonds is 2. The van der Waals surface area contributed by atoms with Gasteiger partial charge in [0, 0.05) is 9.35 Å². The molecule has 0 saturated heterocycles. The fourth-order valence-electron chi connectivity index (χ4n) is 1.34. The Morgan fingerprint density at radius 3 is 2.69 bits per heavy atom. The molecule has 1 aromatic heterocycles. The van der Waals surface area contributed by atoms with Crippen LogP contribution in [0, 0.1) is 5.82 Å². The molecule has 1 heterocycles. The van der Waals surface area contributed by atoms with Crippen LogP contribution in [0.1, 0.15) is 15.8 Å². The molecule has 0 bridgehead atoms. The molecule has 0 amide bonds. The van der Waals surface area contributed by atoms with E-state index in [1.54, 1.807) is 12.1 Å².